The number of aliphatic hydroxyl groups is 6. The van der Waals surface area contributed by atoms with Crippen molar-refractivity contribution in [3.8, 4) is 0 Å². The first-order valence-electron chi connectivity index (χ1n) is 8.16. The Hall–Kier alpha value is 0.300. The summed E-state index contributed by atoms with van der Waals surface area (Å²) in [6, 6.07) is 0. The summed E-state index contributed by atoms with van der Waals surface area (Å²) < 4.78 is 21.5. The van der Waals surface area contributed by atoms with E-state index in [4.69, 9.17) is 18.9 Å². The van der Waals surface area contributed by atoms with Crippen molar-refractivity contribution in [2.75, 3.05) is 24.7 Å². The van der Waals surface area contributed by atoms with Gasteiger partial charge in [-0.2, -0.15) is 25.3 Å². The minimum atomic E-state index is -1.62. The number of hydrogen-bond donors (Lipinski definition) is 8. The van der Waals surface area contributed by atoms with E-state index in [9.17, 15) is 30.6 Å². The highest BCUT2D eigenvalue weighted by Crippen LogP contribution is 2.29. The second-order valence-electron chi connectivity index (χ2n) is 6.10. The van der Waals surface area contributed by atoms with E-state index in [1.54, 1.807) is 0 Å². The van der Waals surface area contributed by atoms with Gasteiger partial charge in [-0.05, 0) is 0 Å². The van der Waals surface area contributed by atoms with Crippen LogP contribution in [-0.2, 0) is 18.9 Å². The van der Waals surface area contributed by atoms with Crippen LogP contribution in [0.3, 0.4) is 0 Å². The quantitative estimate of drug-likeness (QED) is 0.195. The second kappa shape index (κ2) is 10.2. The lowest BCUT2D eigenvalue weighted by atomic mass is 9.97. The van der Waals surface area contributed by atoms with Crippen LogP contribution in [0.15, 0.2) is 0 Å². The Morgan fingerprint density at radius 2 is 1.38 bits per heavy atom. The van der Waals surface area contributed by atoms with Crippen molar-refractivity contribution in [1.29, 1.82) is 0 Å². The molecule has 0 radical (unpaired) electrons. The zero-order chi connectivity index (χ0) is 19.4. The lowest BCUT2D eigenvalue weighted by Gasteiger charge is -2.46. The maximum absolute atomic E-state index is 10.3. The molecule has 154 valence electrons. The van der Waals surface area contributed by atoms with Crippen LogP contribution in [0.4, 0.5) is 0 Å². The van der Waals surface area contributed by atoms with Gasteiger partial charge >= 0.3 is 0 Å². The number of rotatable bonds is 7. The fourth-order valence-corrected chi connectivity index (χ4v) is 3.27. The molecule has 2 saturated heterocycles. The second-order valence-corrected chi connectivity index (χ2v) is 6.91. The summed E-state index contributed by atoms with van der Waals surface area (Å²) in [6.07, 6.45) is -13.5. The Labute approximate surface area is 161 Å². The molecule has 0 aromatic carbocycles. The van der Waals surface area contributed by atoms with Crippen molar-refractivity contribution < 1.29 is 49.6 Å². The SMILES string of the molecule is OCC1O[C@@H](OCCS)[C@@H](O)C(O)[C@@H]1O[C@@H]1OC(CS)[C@H](O)C(O)C1O. The summed E-state index contributed by atoms with van der Waals surface area (Å²) in [7, 11) is 0. The molecular weight excluding hydrogens is 392 g/mol. The van der Waals surface area contributed by atoms with Gasteiger partial charge in [-0.15, -0.1) is 0 Å². The highest BCUT2D eigenvalue weighted by molar-refractivity contribution is 7.80. The summed E-state index contributed by atoms with van der Waals surface area (Å²) in [5, 5.41) is 59.8. The lowest BCUT2D eigenvalue weighted by Crippen LogP contribution is -2.64. The Kier molecular flexibility index (Phi) is 8.85. The number of ether oxygens (including phenoxy) is 4. The van der Waals surface area contributed by atoms with Crippen molar-refractivity contribution >= 4 is 25.3 Å². The van der Waals surface area contributed by atoms with E-state index >= 15 is 0 Å². The van der Waals surface area contributed by atoms with Gasteiger partial charge in [0, 0.05) is 11.5 Å². The summed E-state index contributed by atoms with van der Waals surface area (Å²) in [5.74, 6) is 0.403. The standard InChI is InChI=1S/C14H26O10S2/c15-3-5-12(9(18)11(20)13(22-5)21-1-2-25)24-14-10(19)8(17)7(16)6(4-26)23-14/h5-20,25-26H,1-4H2/t5?,6?,7-,8?,9?,10?,11-,12+,13+,14-/m0/s1. The van der Waals surface area contributed by atoms with Gasteiger partial charge in [0.2, 0.25) is 0 Å². The van der Waals surface area contributed by atoms with E-state index in [-0.39, 0.29) is 12.4 Å². The highest BCUT2D eigenvalue weighted by Gasteiger charge is 2.50. The molecule has 10 atom stereocenters. The van der Waals surface area contributed by atoms with Crippen LogP contribution in [0.5, 0.6) is 0 Å². The first-order valence-corrected chi connectivity index (χ1v) is 9.43. The van der Waals surface area contributed by atoms with Crippen molar-refractivity contribution in [3.63, 3.8) is 0 Å². The van der Waals surface area contributed by atoms with Crippen molar-refractivity contribution in [2.24, 2.45) is 0 Å². The number of aliphatic hydroxyl groups excluding tert-OH is 6. The van der Waals surface area contributed by atoms with Crippen LogP contribution < -0.4 is 0 Å². The van der Waals surface area contributed by atoms with Crippen molar-refractivity contribution in [2.45, 2.75) is 61.4 Å². The molecule has 0 aromatic heterocycles. The first-order chi connectivity index (χ1) is 12.3. The monoisotopic (exact) mass is 418 g/mol. The fraction of sp³-hybridized carbons (Fsp3) is 1.00. The molecular formula is C14H26O10S2. The van der Waals surface area contributed by atoms with Crippen LogP contribution in [0.2, 0.25) is 0 Å². The molecule has 2 heterocycles. The molecule has 10 nitrogen and oxygen atoms in total. The molecule has 0 aliphatic carbocycles. The maximum atomic E-state index is 10.3. The third-order valence-corrected chi connectivity index (χ3v) is 4.88. The smallest absolute Gasteiger partial charge is 0.187 e. The molecule has 0 aromatic rings. The topological polar surface area (TPSA) is 158 Å². The van der Waals surface area contributed by atoms with E-state index < -0.39 is 68.0 Å². The molecule has 26 heavy (non-hydrogen) atoms. The van der Waals surface area contributed by atoms with Gasteiger partial charge in [0.05, 0.1) is 19.3 Å². The van der Waals surface area contributed by atoms with Gasteiger partial charge in [-0.1, -0.05) is 0 Å². The van der Waals surface area contributed by atoms with Crippen LogP contribution >= 0.6 is 25.3 Å². The van der Waals surface area contributed by atoms with Gasteiger partial charge in [0.1, 0.15) is 42.7 Å². The molecule has 12 heteroatoms. The van der Waals surface area contributed by atoms with Crippen LogP contribution in [0.25, 0.3) is 0 Å². The third kappa shape index (κ3) is 4.82. The minimum absolute atomic E-state index is 0.0419. The van der Waals surface area contributed by atoms with E-state index in [1.807, 2.05) is 0 Å². The molecule has 0 saturated carbocycles. The third-order valence-electron chi connectivity index (χ3n) is 4.33. The molecule has 2 rings (SSSR count). The van der Waals surface area contributed by atoms with Crippen molar-refractivity contribution in [3.05, 3.63) is 0 Å². The average molecular weight is 418 g/mol. The summed E-state index contributed by atoms with van der Waals surface area (Å²) >= 11 is 7.97. The van der Waals surface area contributed by atoms with Crippen LogP contribution in [-0.4, -0.2) is 117 Å². The van der Waals surface area contributed by atoms with Crippen LogP contribution in [0.1, 0.15) is 0 Å². The Morgan fingerprint density at radius 3 is 1.96 bits per heavy atom. The largest absolute Gasteiger partial charge is 0.394 e. The van der Waals surface area contributed by atoms with E-state index in [0.717, 1.165) is 0 Å². The molecule has 2 aliphatic heterocycles. The molecule has 0 bridgehead atoms. The zero-order valence-electron chi connectivity index (χ0n) is 13.8. The molecule has 5 unspecified atom stereocenters. The Balaban J connectivity index is 2.09. The number of hydrogen-bond acceptors (Lipinski definition) is 12. The fourth-order valence-electron chi connectivity index (χ4n) is 2.86. The lowest BCUT2D eigenvalue weighted by molar-refractivity contribution is -0.355. The number of thiol groups is 2. The normalized spacial score (nSPS) is 47.1. The van der Waals surface area contributed by atoms with E-state index in [0.29, 0.717) is 5.75 Å². The van der Waals surface area contributed by atoms with Gasteiger partial charge in [-0.25, -0.2) is 0 Å². The van der Waals surface area contributed by atoms with E-state index in [2.05, 4.69) is 25.3 Å². The van der Waals surface area contributed by atoms with Crippen LogP contribution in [0, 0.1) is 0 Å². The Bertz CT molecular complexity index is 429. The summed E-state index contributed by atoms with van der Waals surface area (Å²) in [6.45, 7) is -0.418. The summed E-state index contributed by atoms with van der Waals surface area (Å²) in [5.41, 5.74) is 0. The zero-order valence-corrected chi connectivity index (χ0v) is 15.6. The maximum Gasteiger partial charge on any atom is 0.187 e. The van der Waals surface area contributed by atoms with Gasteiger partial charge < -0.3 is 49.6 Å². The van der Waals surface area contributed by atoms with Gasteiger partial charge in [-0.3, -0.25) is 0 Å². The molecule has 2 aliphatic rings. The molecule has 2 fully saturated rings. The minimum Gasteiger partial charge on any atom is -0.394 e. The average Bonchev–Trinajstić information content (AvgIpc) is 2.64. The predicted octanol–water partition coefficient (Wildman–Crippen LogP) is -3.51. The van der Waals surface area contributed by atoms with Gasteiger partial charge in [0.25, 0.3) is 0 Å². The van der Waals surface area contributed by atoms with E-state index in [1.165, 1.54) is 0 Å². The highest BCUT2D eigenvalue weighted by atomic mass is 32.1. The summed E-state index contributed by atoms with van der Waals surface area (Å²) in [4.78, 5) is 0. The predicted molar refractivity (Wildman–Crippen MR) is 93.0 cm³/mol. The van der Waals surface area contributed by atoms with Crippen molar-refractivity contribution in [1.82, 2.24) is 0 Å². The molecule has 0 amide bonds. The van der Waals surface area contributed by atoms with Gasteiger partial charge in [0.15, 0.2) is 12.6 Å². The molecule has 0 spiro atoms. The Morgan fingerprint density at radius 1 is 0.769 bits per heavy atom. The first kappa shape index (κ1) is 22.6. The molecule has 6 N–H and O–H groups in total.